The molecule has 0 amide bonds. The summed E-state index contributed by atoms with van der Waals surface area (Å²) in [6.07, 6.45) is 10.5. The molecule has 2 rings (SSSR count). The molecule has 0 aromatic carbocycles. The van der Waals surface area contributed by atoms with Crippen LogP contribution in [0.15, 0.2) is 28.9 Å². The second-order valence-electron chi connectivity index (χ2n) is 5.06. The van der Waals surface area contributed by atoms with Gasteiger partial charge in [0.15, 0.2) is 5.96 Å². The fourth-order valence-electron chi connectivity index (χ4n) is 2.35. The highest BCUT2D eigenvalue weighted by molar-refractivity contribution is 14.0. The lowest BCUT2D eigenvalue weighted by atomic mass is 9.97. The van der Waals surface area contributed by atoms with Crippen molar-refractivity contribution in [2.75, 3.05) is 13.1 Å². The Balaban J connectivity index is 0.00000220. The number of guanidine groups is 1. The van der Waals surface area contributed by atoms with Crippen molar-refractivity contribution >= 4 is 29.9 Å². The molecule has 0 aliphatic heterocycles. The number of rotatable bonds is 6. The molecule has 6 heteroatoms. The number of aromatic nitrogens is 2. The van der Waals surface area contributed by atoms with Gasteiger partial charge in [-0.25, -0.2) is 4.99 Å². The zero-order valence-electron chi connectivity index (χ0n) is 12.7. The van der Waals surface area contributed by atoms with E-state index in [-0.39, 0.29) is 24.0 Å². The lowest BCUT2D eigenvalue weighted by Gasteiger charge is -2.15. The second kappa shape index (κ2) is 10.6. The number of H-pyrrole nitrogens is 1. The number of nitrogens with zero attached hydrogens (tertiary/aromatic N) is 2. The standard InChI is InChI=1S/C15H25N5.HI/c1-2-16-15(18-12-14-9-11-19-20-14)17-10-8-13-6-4-3-5-7-13;/h6,9,11H,2-5,7-8,10,12H2,1H3,(H,19,20)(H2,16,17,18);1H. The highest BCUT2D eigenvalue weighted by Gasteiger charge is 2.04. The maximum Gasteiger partial charge on any atom is 0.191 e. The number of aromatic amines is 1. The summed E-state index contributed by atoms with van der Waals surface area (Å²) < 4.78 is 0. The van der Waals surface area contributed by atoms with Crippen LogP contribution in [0.5, 0.6) is 0 Å². The maximum atomic E-state index is 4.54. The van der Waals surface area contributed by atoms with E-state index in [4.69, 9.17) is 0 Å². The number of hydrogen-bond acceptors (Lipinski definition) is 2. The number of halogens is 1. The highest BCUT2D eigenvalue weighted by Crippen LogP contribution is 2.19. The first kappa shape index (κ1) is 18.0. The van der Waals surface area contributed by atoms with Crippen molar-refractivity contribution in [1.82, 2.24) is 20.8 Å². The van der Waals surface area contributed by atoms with Gasteiger partial charge in [-0.3, -0.25) is 5.10 Å². The minimum atomic E-state index is 0. The van der Waals surface area contributed by atoms with E-state index >= 15 is 0 Å². The summed E-state index contributed by atoms with van der Waals surface area (Å²) >= 11 is 0. The average Bonchev–Trinajstić information content (AvgIpc) is 2.99. The summed E-state index contributed by atoms with van der Waals surface area (Å²) in [5.41, 5.74) is 2.62. The van der Waals surface area contributed by atoms with Gasteiger partial charge in [-0.15, -0.1) is 24.0 Å². The summed E-state index contributed by atoms with van der Waals surface area (Å²) in [5.74, 6) is 0.874. The van der Waals surface area contributed by atoms with Crippen molar-refractivity contribution in [1.29, 1.82) is 0 Å². The van der Waals surface area contributed by atoms with E-state index in [1.807, 2.05) is 6.07 Å². The quantitative estimate of drug-likeness (QED) is 0.296. The molecule has 1 aliphatic carbocycles. The van der Waals surface area contributed by atoms with E-state index in [2.05, 4.69) is 38.8 Å². The van der Waals surface area contributed by atoms with Gasteiger partial charge in [0.05, 0.1) is 12.2 Å². The third-order valence-corrected chi connectivity index (χ3v) is 3.43. The van der Waals surface area contributed by atoms with Crippen LogP contribution >= 0.6 is 24.0 Å². The van der Waals surface area contributed by atoms with Gasteiger partial charge in [0.25, 0.3) is 0 Å². The van der Waals surface area contributed by atoms with Gasteiger partial charge in [0, 0.05) is 19.3 Å². The van der Waals surface area contributed by atoms with Crippen LogP contribution in [0.1, 0.15) is 44.7 Å². The van der Waals surface area contributed by atoms with Crippen LogP contribution in [0.4, 0.5) is 0 Å². The highest BCUT2D eigenvalue weighted by atomic mass is 127. The van der Waals surface area contributed by atoms with Crippen molar-refractivity contribution in [2.45, 2.75) is 45.6 Å². The second-order valence-corrected chi connectivity index (χ2v) is 5.06. The summed E-state index contributed by atoms with van der Waals surface area (Å²) in [6, 6.07) is 1.94. The molecule has 0 fully saturated rings. The summed E-state index contributed by atoms with van der Waals surface area (Å²) in [6.45, 7) is 4.52. The smallest absolute Gasteiger partial charge is 0.191 e. The third kappa shape index (κ3) is 6.97. The fourth-order valence-corrected chi connectivity index (χ4v) is 2.35. The fraction of sp³-hybridized carbons (Fsp3) is 0.600. The Morgan fingerprint density at radius 1 is 1.38 bits per heavy atom. The zero-order valence-corrected chi connectivity index (χ0v) is 15.0. The normalized spacial score (nSPS) is 15.1. The predicted octanol–water partition coefficient (Wildman–Crippen LogP) is 2.97. The molecule has 118 valence electrons. The Kier molecular flexibility index (Phi) is 9.12. The molecule has 0 atom stereocenters. The SMILES string of the molecule is CCNC(=NCc1ccn[nH]1)NCCC1=CCCCC1.I. The van der Waals surface area contributed by atoms with E-state index in [0.717, 1.165) is 31.2 Å². The molecule has 0 saturated carbocycles. The van der Waals surface area contributed by atoms with E-state index in [0.29, 0.717) is 6.54 Å². The lowest BCUT2D eigenvalue weighted by molar-refractivity contribution is 0.665. The Morgan fingerprint density at radius 3 is 2.95 bits per heavy atom. The molecule has 0 spiro atoms. The van der Waals surface area contributed by atoms with Gasteiger partial charge in [-0.2, -0.15) is 5.10 Å². The van der Waals surface area contributed by atoms with Gasteiger partial charge in [0.1, 0.15) is 0 Å². The molecule has 1 aromatic rings. The number of allylic oxidation sites excluding steroid dienone is 1. The van der Waals surface area contributed by atoms with Crippen molar-refractivity contribution in [2.24, 2.45) is 4.99 Å². The molecule has 0 unspecified atom stereocenters. The molecule has 1 aromatic heterocycles. The topological polar surface area (TPSA) is 65.1 Å². The van der Waals surface area contributed by atoms with Crippen LogP contribution < -0.4 is 10.6 Å². The van der Waals surface area contributed by atoms with Crippen LogP contribution in [0.25, 0.3) is 0 Å². The first-order valence-electron chi connectivity index (χ1n) is 7.57. The van der Waals surface area contributed by atoms with Crippen molar-refractivity contribution in [3.05, 3.63) is 29.6 Å². The van der Waals surface area contributed by atoms with Gasteiger partial charge >= 0.3 is 0 Å². The molecule has 0 saturated heterocycles. The Hall–Kier alpha value is -1.05. The van der Waals surface area contributed by atoms with Gasteiger partial charge in [-0.1, -0.05) is 11.6 Å². The van der Waals surface area contributed by atoms with Crippen LogP contribution in [0.3, 0.4) is 0 Å². The van der Waals surface area contributed by atoms with Gasteiger partial charge < -0.3 is 10.6 Å². The Bertz CT molecular complexity index is 439. The number of hydrogen-bond donors (Lipinski definition) is 3. The first-order chi connectivity index (χ1) is 9.88. The molecular weight excluding hydrogens is 377 g/mol. The molecule has 3 N–H and O–H groups in total. The van der Waals surface area contributed by atoms with Crippen LogP contribution in [0.2, 0.25) is 0 Å². The summed E-state index contributed by atoms with van der Waals surface area (Å²) in [7, 11) is 0. The van der Waals surface area contributed by atoms with Crippen molar-refractivity contribution in [3.63, 3.8) is 0 Å². The molecule has 1 heterocycles. The number of nitrogens with one attached hydrogen (secondary N) is 3. The van der Waals surface area contributed by atoms with Gasteiger partial charge in [0.2, 0.25) is 0 Å². The molecule has 5 nitrogen and oxygen atoms in total. The lowest BCUT2D eigenvalue weighted by Crippen LogP contribution is -2.37. The summed E-state index contributed by atoms with van der Waals surface area (Å²) in [5, 5.41) is 13.5. The first-order valence-corrected chi connectivity index (χ1v) is 7.57. The van der Waals surface area contributed by atoms with Crippen LogP contribution in [-0.2, 0) is 6.54 Å². The van der Waals surface area contributed by atoms with Crippen molar-refractivity contribution < 1.29 is 0 Å². The predicted molar refractivity (Wildman–Crippen MR) is 98.0 cm³/mol. The third-order valence-electron chi connectivity index (χ3n) is 3.43. The van der Waals surface area contributed by atoms with E-state index < -0.39 is 0 Å². The zero-order chi connectivity index (χ0) is 14.0. The van der Waals surface area contributed by atoms with Gasteiger partial charge in [-0.05, 0) is 45.1 Å². The van der Waals surface area contributed by atoms with Crippen LogP contribution in [0, 0.1) is 0 Å². The maximum absolute atomic E-state index is 4.54. The minimum Gasteiger partial charge on any atom is -0.357 e. The Morgan fingerprint density at radius 2 is 2.29 bits per heavy atom. The minimum absolute atomic E-state index is 0. The van der Waals surface area contributed by atoms with E-state index in [1.165, 1.54) is 25.7 Å². The Labute approximate surface area is 144 Å². The molecule has 0 radical (unpaired) electrons. The average molecular weight is 403 g/mol. The van der Waals surface area contributed by atoms with Crippen molar-refractivity contribution in [3.8, 4) is 0 Å². The van der Waals surface area contributed by atoms with Crippen LogP contribution in [-0.4, -0.2) is 29.2 Å². The molecule has 1 aliphatic rings. The monoisotopic (exact) mass is 403 g/mol. The number of aliphatic imine (C=N–C) groups is 1. The molecular formula is C15H26IN5. The molecule has 21 heavy (non-hydrogen) atoms. The van der Waals surface area contributed by atoms with E-state index in [1.54, 1.807) is 11.8 Å². The summed E-state index contributed by atoms with van der Waals surface area (Å²) in [4.78, 5) is 4.54. The van der Waals surface area contributed by atoms with E-state index in [9.17, 15) is 0 Å². The molecule has 0 bridgehead atoms. The largest absolute Gasteiger partial charge is 0.357 e.